The second-order valence-electron chi connectivity index (χ2n) is 6.25. The summed E-state index contributed by atoms with van der Waals surface area (Å²) in [5.74, 6) is 0.607. The van der Waals surface area contributed by atoms with Gasteiger partial charge in [-0.1, -0.05) is 24.3 Å². The number of furan rings is 1. The number of rotatable bonds is 6. The van der Waals surface area contributed by atoms with Gasteiger partial charge in [-0.15, -0.1) is 0 Å². The van der Waals surface area contributed by atoms with Gasteiger partial charge in [0.2, 0.25) is 0 Å². The molecule has 134 valence electrons. The van der Waals surface area contributed by atoms with Gasteiger partial charge < -0.3 is 19.9 Å². The normalized spacial score (nSPS) is 12.0. The predicted molar refractivity (Wildman–Crippen MR) is 100 cm³/mol. The topological polar surface area (TPSA) is 82.7 Å². The molecule has 5 heteroatoms. The maximum Gasteiger partial charge on any atom is 0.335 e. The Morgan fingerprint density at radius 3 is 2.46 bits per heavy atom. The summed E-state index contributed by atoms with van der Waals surface area (Å²) in [5.41, 5.74) is 3.82. The summed E-state index contributed by atoms with van der Waals surface area (Å²) in [6.07, 6.45) is -0.490. The molecular formula is C21H21NO4. The first-order valence-corrected chi connectivity index (χ1v) is 8.39. The molecular weight excluding hydrogens is 330 g/mol. The van der Waals surface area contributed by atoms with Gasteiger partial charge in [0.15, 0.2) is 0 Å². The van der Waals surface area contributed by atoms with Crippen LogP contribution in [-0.2, 0) is 6.54 Å². The SMILES string of the molecule is Cc1cc(C(=O)O)ccc1NCc1ccc(-c2ccc(C(C)O)cc2)o1. The Morgan fingerprint density at radius 1 is 1.12 bits per heavy atom. The summed E-state index contributed by atoms with van der Waals surface area (Å²) in [6, 6.07) is 16.4. The zero-order valence-corrected chi connectivity index (χ0v) is 14.7. The van der Waals surface area contributed by atoms with Crippen LogP contribution in [0.5, 0.6) is 0 Å². The number of carbonyl (C=O) groups is 1. The third-order valence-corrected chi connectivity index (χ3v) is 4.27. The first-order valence-electron chi connectivity index (χ1n) is 8.39. The van der Waals surface area contributed by atoms with E-state index >= 15 is 0 Å². The van der Waals surface area contributed by atoms with E-state index < -0.39 is 12.1 Å². The van der Waals surface area contributed by atoms with Crippen LogP contribution in [0.15, 0.2) is 59.0 Å². The molecule has 0 amide bonds. The van der Waals surface area contributed by atoms with Gasteiger partial charge in [0.05, 0.1) is 18.2 Å². The van der Waals surface area contributed by atoms with Gasteiger partial charge in [-0.3, -0.25) is 0 Å². The van der Waals surface area contributed by atoms with Gasteiger partial charge in [0.25, 0.3) is 0 Å². The molecule has 0 fully saturated rings. The minimum Gasteiger partial charge on any atom is -0.478 e. The zero-order valence-electron chi connectivity index (χ0n) is 14.7. The van der Waals surface area contributed by atoms with E-state index in [-0.39, 0.29) is 5.56 Å². The molecule has 0 saturated carbocycles. The van der Waals surface area contributed by atoms with Crippen molar-refractivity contribution in [1.29, 1.82) is 0 Å². The quantitative estimate of drug-likeness (QED) is 0.604. The lowest BCUT2D eigenvalue weighted by atomic mass is 10.1. The molecule has 1 atom stereocenters. The highest BCUT2D eigenvalue weighted by molar-refractivity contribution is 5.88. The maximum absolute atomic E-state index is 11.0. The molecule has 3 rings (SSSR count). The first kappa shape index (κ1) is 17.8. The van der Waals surface area contributed by atoms with Crippen LogP contribution < -0.4 is 5.32 Å². The molecule has 26 heavy (non-hydrogen) atoms. The minimum absolute atomic E-state index is 0.272. The molecule has 0 aliphatic carbocycles. The molecule has 3 aromatic rings. The third kappa shape index (κ3) is 3.95. The summed E-state index contributed by atoms with van der Waals surface area (Å²) >= 11 is 0. The Morgan fingerprint density at radius 2 is 1.85 bits per heavy atom. The highest BCUT2D eigenvalue weighted by Gasteiger charge is 2.08. The molecule has 3 N–H and O–H groups in total. The second-order valence-corrected chi connectivity index (χ2v) is 6.25. The zero-order chi connectivity index (χ0) is 18.7. The van der Waals surface area contributed by atoms with E-state index in [9.17, 15) is 9.90 Å². The van der Waals surface area contributed by atoms with Crippen LogP contribution in [-0.4, -0.2) is 16.2 Å². The molecule has 1 aromatic heterocycles. The van der Waals surface area contributed by atoms with Gasteiger partial charge in [-0.2, -0.15) is 0 Å². The number of hydrogen-bond donors (Lipinski definition) is 3. The van der Waals surface area contributed by atoms with Crippen LogP contribution in [0.1, 0.15) is 40.3 Å². The molecule has 0 bridgehead atoms. The fourth-order valence-electron chi connectivity index (χ4n) is 2.73. The van der Waals surface area contributed by atoms with Crippen LogP contribution in [0.25, 0.3) is 11.3 Å². The van der Waals surface area contributed by atoms with Gasteiger partial charge in [-0.05, 0) is 55.3 Å². The van der Waals surface area contributed by atoms with Gasteiger partial charge in [0, 0.05) is 11.3 Å². The number of aromatic carboxylic acids is 1. The van der Waals surface area contributed by atoms with Gasteiger partial charge >= 0.3 is 5.97 Å². The van der Waals surface area contributed by atoms with Crippen molar-refractivity contribution < 1.29 is 19.4 Å². The fourth-order valence-corrected chi connectivity index (χ4v) is 2.73. The molecule has 0 aliphatic heterocycles. The number of aryl methyl sites for hydroxylation is 1. The van der Waals surface area contributed by atoms with Crippen molar-refractivity contribution in [1.82, 2.24) is 0 Å². The highest BCUT2D eigenvalue weighted by Crippen LogP contribution is 2.25. The molecule has 0 saturated heterocycles. The highest BCUT2D eigenvalue weighted by atomic mass is 16.4. The van der Waals surface area contributed by atoms with Crippen LogP contribution in [0.4, 0.5) is 5.69 Å². The number of carboxylic acids is 1. The summed E-state index contributed by atoms with van der Waals surface area (Å²) < 4.78 is 5.87. The molecule has 2 aromatic carbocycles. The van der Waals surface area contributed by atoms with E-state index in [0.717, 1.165) is 33.9 Å². The van der Waals surface area contributed by atoms with E-state index in [1.807, 2.05) is 43.3 Å². The first-order chi connectivity index (χ1) is 12.4. The number of anilines is 1. The standard InChI is InChI=1S/C21H21NO4/c1-13-11-17(21(24)25)7-9-19(13)22-12-18-8-10-20(26-18)16-5-3-15(4-6-16)14(2)23/h3-11,14,22-23H,12H2,1-2H3,(H,24,25). The molecule has 5 nitrogen and oxygen atoms in total. The van der Waals surface area contributed by atoms with E-state index in [1.165, 1.54) is 0 Å². The van der Waals surface area contributed by atoms with E-state index in [2.05, 4.69) is 5.32 Å². The predicted octanol–water partition coefficient (Wildman–Crippen LogP) is 4.62. The number of benzene rings is 2. The lowest BCUT2D eigenvalue weighted by Crippen LogP contribution is -2.02. The Kier molecular flexibility index (Phi) is 5.09. The monoisotopic (exact) mass is 351 g/mol. The Labute approximate surface area is 151 Å². The lowest BCUT2D eigenvalue weighted by molar-refractivity contribution is 0.0697. The summed E-state index contributed by atoms with van der Waals surface area (Å²) in [6.45, 7) is 4.10. The summed E-state index contributed by atoms with van der Waals surface area (Å²) in [4.78, 5) is 11.0. The van der Waals surface area contributed by atoms with Crippen molar-refractivity contribution in [3.05, 3.63) is 77.0 Å². The van der Waals surface area contributed by atoms with E-state index in [4.69, 9.17) is 9.52 Å². The number of carboxylic acid groups (broad SMARTS) is 1. The minimum atomic E-state index is -0.933. The fraction of sp³-hybridized carbons (Fsp3) is 0.190. The van der Waals surface area contributed by atoms with Crippen molar-refractivity contribution in [2.24, 2.45) is 0 Å². The molecule has 0 radical (unpaired) electrons. The lowest BCUT2D eigenvalue weighted by Gasteiger charge is -2.09. The van der Waals surface area contributed by atoms with E-state index in [1.54, 1.807) is 25.1 Å². The number of aliphatic hydroxyl groups excluding tert-OH is 1. The van der Waals surface area contributed by atoms with Crippen molar-refractivity contribution in [3.8, 4) is 11.3 Å². The van der Waals surface area contributed by atoms with Crippen molar-refractivity contribution in [3.63, 3.8) is 0 Å². The molecule has 1 heterocycles. The largest absolute Gasteiger partial charge is 0.478 e. The summed E-state index contributed by atoms with van der Waals surface area (Å²) in [5, 5.41) is 21.9. The van der Waals surface area contributed by atoms with Gasteiger partial charge in [0.1, 0.15) is 11.5 Å². The van der Waals surface area contributed by atoms with Crippen LogP contribution in [0.2, 0.25) is 0 Å². The molecule has 0 spiro atoms. The second kappa shape index (κ2) is 7.45. The van der Waals surface area contributed by atoms with Crippen LogP contribution in [0, 0.1) is 6.92 Å². The summed E-state index contributed by atoms with van der Waals surface area (Å²) in [7, 11) is 0. The van der Waals surface area contributed by atoms with Gasteiger partial charge in [-0.25, -0.2) is 4.79 Å². The van der Waals surface area contributed by atoms with Crippen molar-refractivity contribution in [2.45, 2.75) is 26.5 Å². The smallest absolute Gasteiger partial charge is 0.335 e. The Bertz CT molecular complexity index is 910. The Hall–Kier alpha value is -3.05. The number of hydrogen-bond acceptors (Lipinski definition) is 4. The number of nitrogens with one attached hydrogen (secondary N) is 1. The number of aliphatic hydroxyl groups is 1. The van der Waals surface area contributed by atoms with Crippen LogP contribution >= 0.6 is 0 Å². The molecule has 1 unspecified atom stereocenters. The molecule has 0 aliphatic rings. The van der Waals surface area contributed by atoms with Crippen LogP contribution in [0.3, 0.4) is 0 Å². The van der Waals surface area contributed by atoms with Crippen molar-refractivity contribution >= 4 is 11.7 Å². The van der Waals surface area contributed by atoms with E-state index in [0.29, 0.717) is 6.54 Å². The average Bonchev–Trinajstić information content (AvgIpc) is 3.09. The maximum atomic E-state index is 11.0. The van der Waals surface area contributed by atoms with Crippen molar-refractivity contribution in [2.75, 3.05) is 5.32 Å². The third-order valence-electron chi connectivity index (χ3n) is 4.27. The Balaban J connectivity index is 1.68. The average molecular weight is 351 g/mol.